The Bertz CT molecular complexity index is 934. The summed E-state index contributed by atoms with van der Waals surface area (Å²) in [4.78, 5) is 22.5. The fraction of sp³-hybridized carbons (Fsp3) is 0.571. The number of aromatic nitrogens is 2. The van der Waals surface area contributed by atoms with E-state index in [0.29, 0.717) is 24.3 Å². The summed E-state index contributed by atoms with van der Waals surface area (Å²) in [7, 11) is 0. The average Bonchev–Trinajstić information content (AvgIpc) is 3.42. The van der Waals surface area contributed by atoms with Crippen molar-refractivity contribution in [1.82, 2.24) is 14.3 Å². The molecule has 3 aliphatic rings. The van der Waals surface area contributed by atoms with Gasteiger partial charge in [0.15, 0.2) is 0 Å². The maximum absolute atomic E-state index is 12.2. The van der Waals surface area contributed by atoms with Gasteiger partial charge in [-0.3, -0.25) is 4.79 Å². The highest BCUT2D eigenvalue weighted by Gasteiger charge is 2.40. The summed E-state index contributed by atoms with van der Waals surface area (Å²) in [5.74, 6) is 1.92. The van der Waals surface area contributed by atoms with Crippen LogP contribution < -0.4 is 10.2 Å². The number of nitrogens with zero attached hydrogens (tertiary/aromatic N) is 4. The minimum absolute atomic E-state index is 0.0908. The van der Waals surface area contributed by atoms with E-state index in [-0.39, 0.29) is 11.8 Å². The Balaban J connectivity index is 1.34. The second kappa shape index (κ2) is 7.88. The first-order chi connectivity index (χ1) is 14.2. The van der Waals surface area contributed by atoms with Gasteiger partial charge in [-0.05, 0) is 38.2 Å². The summed E-state index contributed by atoms with van der Waals surface area (Å²) < 4.78 is 2.58. The van der Waals surface area contributed by atoms with Crippen LogP contribution in [0.25, 0.3) is 11.0 Å². The van der Waals surface area contributed by atoms with Gasteiger partial charge < -0.3 is 15.2 Å². The maximum atomic E-state index is 12.2. The summed E-state index contributed by atoms with van der Waals surface area (Å²) in [6.07, 6.45) is 7.93. The van der Waals surface area contributed by atoms with Gasteiger partial charge >= 0.3 is 0 Å². The molecule has 2 atom stereocenters. The molecule has 5 rings (SSSR count). The van der Waals surface area contributed by atoms with Crippen LogP contribution in [0.2, 0.25) is 0 Å². The molecule has 0 aromatic carbocycles. The molecule has 0 spiro atoms. The Morgan fingerprint density at radius 1 is 1.31 bits per heavy atom. The molecule has 7 nitrogen and oxygen atoms in total. The van der Waals surface area contributed by atoms with Crippen molar-refractivity contribution in [3.05, 3.63) is 18.3 Å². The third kappa shape index (κ3) is 3.81. The van der Waals surface area contributed by atoms with Gasteiger partial charge in [0.1, 0.15) is 11.5 Å². The normalized spacial score (nSPS) is 24.0. The van der Waals surface area contributed by atoms with Crippen molar-refractivity contribution in [2.45, 2.75) is 50.6 Å². The number of carbonyl (C=O) groups excluding carboxylic acids is 1. The maximum Gasteiger partial charge on any atom is 0.228 e. The summed E-state index contributed by atoms with van der Waals surface area (Å²) in [6, 6.07) is 7.43. The molecule has 2 aliphatic heterocycles. The van der Waals surface area contributed by atoms with Crippen LogP contribution in [-0.4, -0.2) is 51.1 Å². The highest BCUT2D eigenvalue weighted by Crippen LogP contribution is 2.39. The third-order valence-corrected chi connectivity index (χ3v) is 7.50. The molecule has 2 N–H and O–H groups in total. The highest BCUT2D eigenvalue weighted by molar-refractivity contribution is 7.97. The SMILES string of the molecule is N#CCCCSN1C2CCC1CN(c1cc(NC(=O)C3CC3)nc3[nH]ccc13)C2. The Morgan fingerprint density at radius 2 is 2.10 bits per heavy atom. The van der Waals surface area contributed by atoms with Crippen molar-refractivity contribution in [1.29, 1.82) is 5.26 Å². The van der Waals surface area contributed by atoms with E-state index in [1.807, 2.05) is 24.2 Å². The van der Waals surface area contributed by atoms with Crippen LogP contribution >= 0.6 is 11.9 Å². The van der Waals surface area contributed by atoms with Crippen molar-refractivity contribution in [3.63, 3.8) is 0 Å². The van der Waals surface area contributed by atoms with Crippen LogP contribution in [0, 0.1) is 17.2 Å². The van der Waals surface area contributed by atoms with Crippen LogP contribution in [0.3, 0.4) is 0 Å². The van der Waals surface area contributed by atoms with Gasteiger partial charge in [-0.1, -0.05) is 11.9 Å². The highest BCUT2D eigenvalue weighted by atomic mass is 32.2. The second-order valence-electron chi connectivity index (χ2n) is 8.27. The molecule has 4 heterocycles. The lowest BCUT2D eigenvalue weighted by Crippen LogP contribution is -2.51. The van der Waals surface area contributed by atoms with E-state index in [1.54, 1.807) is 0 Å². The zero-order chi connectivity index (χ0) is 19.8. The van der Waals surface area contributed by atoms with Gasteiger partial charge in [0, 0.05) is 60.9 Å². The number of fused-ring (bicyclic) bond motifs is 3. The molecule has 3 fully saturated rings. The zero-order valence-corrected chi connectivity index (χ0v) is 17.2. The van der Waals surface area contributed by atoms with E-state index < -0.39 is 0 Å². The minimum Gasteiger partial charge on any atom is -0.368 e. The lowest BCUT2D eigenvalue weighted by atomic mass is 10.1. The Labute approximate surface area is 175 Å². The van der Waals surface area contributed by atoms with Crippen LogP contribution in [0.4, 0.5) is 11.5 Å². The van der Waals surface area contributed by atoms with Crippen molar-refractivity contribution in [3.8, 4) is 6.07 Å². The number of aromatic amines is 1. The van der Waals surface area contributed by atoms with Gasteiger partial charge in [-0.25, -0.2) is 9.29 Å². The first-order valence-corrected chi connectivity index (χ1v) is 11.5. The van der Waals surface area contributed by atoms with E-state index in [2.05, 4.69) is 36.6 Å². The molecular weight excluding hydrogens is 384 g/mol. The number of H-pyrrole nitrogens is 1. The van der Waals surface area contributed by atoms with Gasteiger partial charge in [0.2, 0.25) is 5.91 Å². The van der Waals surface area contributed by atoms with Gasteiger partial charge in [0.25, 0.3) is 0 Å². The van der Waals surface area contributed by atoms with E-state index >= 15 is 0 Å². The predicted molar refractivity (Wildman–Crippen MR) is 116 cm³/mol. The van der Waals surface area contributed by atoms with Crippen molar-refractivity contribution < 1.29 is 4.79 Å². The average molecular weight is 411 g/mol. The first kappa shape index (κ1) is 18.8. The third-order valence-electron chi connectivity index (χ3n) is 6.14. The number of unbranched alkanes of at least 4 members (excludes halogenated alkanes) is 1. The van der Waals surface area contributed by atoms with Crippen molar-refractivity contribution in [2.75, 3.05) is 29.1 Å². The lowest BCUT2D eigenvalue weighted by Gasteiger charge is -2.41. The molecule has 1 saturated carbocycles. The fourth-order valence-electron chi connectivity index (χ4n) is 4.51. The number of carbonyl (C=O) groups is 1. The standard InChI is InChI=1S/C21H26N6OS/c22-8-1-2-10-29-27-15-5-6-16(27)13-26(12-15)18-11-19(25-21(28)14-3-4-14)24-20-17(18)7-9-23-20/h7,9,11,14-16H,1-6,10,12-13H2,(H2,23,24,25,28). The minimum atomic E-state index is 0.0908. The smallest absolute Gasteiger partial charge is 0.228 e. The quantitative estimate of drug-likeness (QED) is 0.536. The fourth-order valence-corrected chi connectivity index (χ4v) is 5.76. The molecule has 1 aliphatic carbocycles. The summed E-state index contributed by atoms with van der Waals surface area (Å²) in [5, 5.41) is 12.9. The number of piperazine rings is 1. The molecule has 2 saturated heterocycles. The summed E-state index contributed by atoms with van der Waals surface area (Å²) in [5.41, 5.74) is 1.99. The number of pyridine rings is 1. The molecular formula is C21H26N6OS. The van der Waals surface area contributed by atoms with E-state index in [1.165, 1.54) is 12.8 Å². The molecule has 2 aromatic rings. The molecule has 0 radical (unpaired) electrons. The van der Waals surface area contributed by atoms with Crippen LogP contribution in [0.15, 0.2) is 18.3 Å². The predicted octanol–water partition coefficient (Wildman–Crippen LogP) is 3.52. The molecule has 2 aromatic heterocycles. The second-order valence-corrected chi connectivity index (χ2v) is 9.36. The molecule has 152 valence electrons. The number of hydrogen-bond acceptors (Lipinski definition) is 6. The molecule has 8 heteroatoms. The Kier molecular flexibility index (Phi) is 5.10. The molecule has 29 heavy (non-hydrogen) atoms. The van der Waals surface area contributed by atoms with Crippen molar-refractivity contribution in [2.24, 2.45) is 5.92 Å². The molecule has 2 unspecified atom stereocenters. The Hall–Kier alpha value is -2.24. The Morgan fingerprint density at radius 3 is 2.83 bits per heavy atom. The lowest BCUT2D eigenvalue weighted by molar-refractivity contribution is -0.117. The number of amides is 1. The van der Waals surface area contributed by atoms with Crippen LogP contribution in [0.5, 0.6) is 0 Å². The largest absolute Gasteiger partial charge is 0.368 e. The van der Waals surface area contributed by atoms with Gasteiger partial charge in [0.05, 0.1) is 11.8 Å². The monoisotopic (exact) mass is 410 g/mol. The topological polar surface area (TPSA) is 88.1 Å². The van der Waals surface area contributed by atoms with Gasteiger partial charge in [-0.2, -0.15) is 5.26 Å². The van der Waals surface area contributed by atoms with Gasteiger partial charge in [-0.15, -0.1) is 0 Å². The first-order valence-electron chi connectivity index (χ1n) is 10.5. The molecule has 2 bridgehead atoms. The number of rotatable bonds is 7. The van der Waals surface area contributed by atoms with Crippen LogP contribution in [0.1, 0.15) is 38.5 Å². The molecule has 1 amide bonds. The number of nitriles is 1. The van der Waals surface area contributed by atoms with E-state index in [9.17, 15) is 4.79 Å². The number of nitrogens with one attached hydrogen (secondary N) is 2. The number of hydrogen-bond donors (Lipinski definition) is 2. The number of anilines is 2. The summed E-state index contributed by atoms with van der Waals surface area (Å²) >= 11 is 1.92. The van der Waals surface area contributed by atoms with Crippen molar-refractivity contribution >= 4 is 40.4 Å². The van der Waals surface area contributed by atoms with Crippen LogP contribution in [-0.2, 0) is 4.79 Å². The zero-order valence-electron chi connectivity index (χ0n) is 16.4. The summed E-state index contributed by atoms with van der Waals surface area (Å²) in [6.45, 7) is 1.98. The van der Waals surface area contributed by atoms with E-state index in [4.69, 9.17) is 5.26 Å². The van der Waals surface area contributed by atoms with E-state index in [0.717, 1.165) is 54.8 Å².